The van der Waals surface area contributed by atoms with Crippen molar-refractivity contribution in [2.45, 2.75) is 44.9 Å². The monoisotopic (exact) mass is 342 g/mol. The minimum absolute atomic E-state index is 0.171. The van der Waals surface area contributed by atoms with Gasteiger partial charge in [-0.25, -0.2) is 0 Å². The normalized spacial score (nSPS) is 19.4. The van der Waals surface area contributed by atoms with Crippen LogP contribution < -0.4 is 5.32 Å². The van der Waals surface area contributed by atoms with Crippen LogP contribution in [-0.2, 0) is 14.3 Å². The molecule has 0 bridgehead atoms. The molecule has 1 aliphatic heterocycles. The molecule has 0 aromatic heterocycles. The molecule has 1 atom stereocenters. The second kappa shape index (κ2) is 7.54. The highest BCUT2D eigenvalue weighted by molar-refractivity contribution is 7.99. The maximum absolute atomic E-state index is 12.1. The average molecular weight is 342 g/mol. The predicted molar refractivity (Wildman–Crippen MR) is 77.3 cm³/mol. The van der Waals surface area contributed by atoms with Gasteiger partial charge in [-0.15, -0.1) is 11.8 Å². The highest BCUT2D eigenvalue weighted by Gasteiger charge is 2.35. The van der Waals surface area contributed by atoms with E-state index in [0.29, 0.717) is 11.6 Å². The Morgan fingerprint density at radius 2 is 1.95 bits per heavy atom. The third-order valence-corrected chi connectivity index (χ3v) is 3.74. The van der Waals surface area contributed by atoms with Crippen LogP contribution in [0, 0.1) is 0 Å². The summed E-state index contributed by atoms with van der Waals surface area (Å²) >= 11 is 1.44. The third-order valence-electron chi connectivity index (χ3n) is 2.73. The van der Waals surface area contributed by atoms with E-state index < -0.39 is 24.4 Å². The summed E-state index contributed by atoms with van der Waals surface area (Å²) in [5, 5.41) is 2.81. The van der Waals surface area contributed by atoms with E-state index in [0.717, 1.165) is 0 Å². The van der Waals surface area contributed by atoms with Gasteiger partial charge in [0, 0.05) is 11.3 Å². The first-order valence-corrected chi connectivity index (χ1v) is 7.99. The minimum atomic E-state index is -4.40. The van der Waals surface area contributed by atoms with Crippen molar-refractivity contribution in [3.05, 3.63) is 0 Å². The molecule has 0 aromatic carbocycles. The summed E-state index contributed by atoms with van der Waals surface area (Å²) < 4.78 is 40.2. The van der Waals surface area contributed by atoms with Gasteiger partial charge in [-0.2, -0.15) is 13.2 Å². The molecule has 1 N–H and O–H groups in total. The van der Waals surface area contributed by atoms with Crippen LogP contribution in [0.25, 0.3) is 0 Å². The number of carbonyl (C=O) groups excluding carboxylic acids is 2. The van der Waals surface area contributed by atoms with E-state index in [9.17, 15) is 22.8 Å². The molecular formula is C13H21F3N2O3S. The van der Waals surface area contributed by atoms with E-state index in [2.05, 4.69) is 10.1 Å². The van der Waals surface area contributed by atoms with Gasteiger partial charge in [-0.05, 0) is 20.8 Å². The summed E-state index contributed by atoms with van der Waals surface area (Å²) in [4.78, 5) is 25.6. The van der Waals surface area contributed by atoms with Crippen LogP contribution in [0.3, 0.4) is 0 Å². The highest BCUT2D eigenvalue weighted by Crippen LogP contribution is 2.22. The summed E-state index contributed by atoms with van der Waals surface area (Å²) in [5.41, 5.74) is -0.408. The number of hydrogen-bond donors (Lipinski definition) is 1. The molecule has 1 unspecified atom stereocenters. The fourth-order valence-electron chi connectivity index (χ4n) is 1.85. The van der Waals surface area contributed by atoms with Crippen LogP contribution in [0.15, 0.2) is 0 Å². The number of carbonyl (C=O) groups is 2. The molecule has 1 rings (SSSR count). The van der Waals surface area contributed by atoms with Gasteiger partial charge in [-0.3, -0.25) is 9.59 Å². The molecule has 1 aliphatic rings. The lowest BCUT2D eigenvalue weighted by molar-refractivity contribution is -0.175. The lowest BCUT2D eigenvalue weighted by Gasteiger charge is -2.27. The van der Waals surface area contributed by atoms with Crippen LogP contribution in [-0.4, -0.2) is 59.3 Å². The fourth-order valence-corrected chi connectivity index (χ4v) is 3.03. The standard InChI is InChI=1S/C13H21F3N2O3S/c1-12(2,3)17-11(20)9-6-22-8-18(9)10(19)4-5-21-7-13(14,15)16/h9H,4-8H2,1-3H3,(H,17,20). The Hall–Kier alpha value is -0.960. The molecular weight excluding hydrogens is 321 g/mol. The summed E-state index contributed by atoms with van der Waals surface area (Å²) in [7, 11) is 0. The van der Waals surface area contributed by atoms with Crippen LogP contribution in [0.1, 0.15) is 27.2 Å². The van der Waals surface area contributed by atoms with Crippen molar-refractivity contribution in [3.8, 4) is 0 Å². The van der Waals surface area contributed by atoms with Gasteiger partial charge in [0.1, 0.15) is 12.6 Å². The summed E-state index contributed by atoms with van der Waals surface area (Å²) in [6, 6.07) is -0.584. The van der Waals surface area contributed by atoms with Crippen molar-refractivity contribution in [1.82, 2.24) is 10.2 Å². The van der Waals surface area contributed by atoms with Crippen molar-refractivity contribution in [2.24, 2.45) is 0 Å². The first-order chi connectivity index (χ1) is 9.99. The number of nitrogens with zero attached hydrogens (tertiary/aromatic N) is 1. The van der Waals surface area contributed by atoms with Gasteiger partial charge in [0.25, 0.3) is 0 Å². The number of hydrogen-bond acceptors (Lipinski definition) is 4. The van der Waals surface area contributed by atoms with Crippen LogP contribution >= 0.6 is 11.8 Å². The molecule has 5 nitrogen and oxygen atoms in total. The molecule has 0 radical (unpaired) electrons. The second-order valence-electron chi connectivity index (χ2n) is 6.04. The molecule has 22 heavy (non-hydrogen) atoms. The first-order valence-electron chi connectivity index (χ1n) is 6.83. The zero-order valence-corrected chi connectivity index (χ0v) is 13.6. The van der Waals surface area contributed by atoms with E-state index in [1.165, 1.54) is 16.7 Å². The van der Waals surface area contributed by atoms with Crippen LogP contribution in [0.2, 0.25) is 0 Å². The Morgan fingerprint density at radius 1 is 1.32 bits per heavy atom. The summed E-state index contributed by atoms with van der Waals surface area (Å²) in [6.07, 6.45) is -4.57. The maximum Gasteiger partial charge on any atom is 0.411 e. The number of thioether (sulfide) groups is 1. The number of amides is 2. The zero-order valence-electron chi connectivity index (χ0n) is 12.8. The predicted octanol–water partition coefficient (Wildman–Crippen LogP) is 1.77. The number of nitrogens with one attached hydrogen (secondary N) is 1. The molecule has 0 aromatic rings. The van der Waals surface area contributed by atoms with Gasteiger partial charge >= 0.3 is 6.18 Å². The topological polar surface area (TPSA) is 58.6 Å². The third kappa shape index (κ3) is 6.87. The lowest BCUT2D eigenvalue weighted by Crippen LogP contribution is -2.52. The van der Waals surface area contributed by atoms with Gasteiger partial charge in [0.15, 0.2) is 0 Å². The smallest absolute Gasteiger partial charge is 0.372 e. The molecule has 2 amide bonds. The Labute approximate surface area is 131 Å². The Morgan fingerprint density at radius 3 is 2.50 bits per heavy atom. The van der Waals surface area contributed by atoms with E-state index in [1.807, 2.05) is 20.8 Å². The molecule has 0 aliphatic carbocycles. The van der Waals surface area contributed by atoms with E-state index >= 15 is 0 Å². The van der Waals surface area contributed by atoms with Crippen molar-refractivity contribution in [1.29, 1.82) is 0 Å². The quantitative estimate of drug-likeness (QED) is 0.774. The van der Waals surface area contributed by atoms with Gasteiger partial charge in [0.2, 0.25) is 11.8 Å². The Bertz CT molecular complexity index is 410. The first kappa shape index (κ1) is 19.1. The Kier molecular flexibility index (Phi) is 6.54. The number of ether oxygens (including phenoxy) is 1. The molecule has 9 heteroatoms. The number of alkyl halides is 3. The van der Waals surface area contributed by atoms with Crippen molar-refractivity contribution < 1.29 is 27.5 Å². The SMILES string of the molecule is CC(C)(C)NC(=O)C1CSCN1C(=O)CCOCC(F)(F)F. The molecule has 1 saturated heterocycles. The van der Waals surface area contributed by atoms with Gasteiger partial charge in [-0.1, -0.05) is 0 Å². The number of halogens is 3. The van der Waals surface area contributed by atoms with E-state index in [-0.39, 0.29) is 24.8 Å². The molecule has 0 spiro atoms. The zero-order chi connectivity index (χ0) is 17.0. The molecule has 1 fully saturated rings. The van der Waals surface area contributed by atoms with Crippen molar-refractivity contribution in [3.63, 3.8) is 0 Å². The fraction of sp³-hybridized carbons (Fsp3) is 0.846. The molecule has 128 valence electrons. The maximum atomic E-state index is 12.1. The van der Waals surface area contributed by atoms with Gasteiger partial charge < -0.3 is 15.0 Å². The molecule has 0 saturated carbocycles. The lowest BCUT2D eigenvalue weighted by atomic mass is 10.1. The Balaban J connectivity index is 2.45. The molecule has 1 heterocycles. The van der Waals surface area contributed by atoms with Crippen molar-refractivity contribution in [2.75, 3.05) is 24.8 Å². The van der Waals surface area contributed by atoms with E-state index in [1.54, 1.807) is 0 Å². The van der Waals surface area contributed by atoms with Crippen LogP contribution in [0.4, 0.5) is 13.2 Å². The van der Waals surface area contributed by atoms with Gasteiger partial charge in [0.05, 0.1) is 18.9 Å². The second-order valence-corrected chi connectivity index (χ2v) is 7.04. The summed E-state index contributed by atoms with van der Waals surface area (Å²) in [5.74, 6) is 0.223. The number of rotatable bonds is 5. The average Bonchev–Trinajstić information content (AvgIpc) is 2.80. The minimum Gasteiger partial charge on any atom is -0.372 e. The highest BCUT2D eigenvalue weighted by atomic mass is 32.2. The van der Waals surface area contributed by atoms with Crippen molar-refractivity contribution >= 4 is 23.6 Å². The largest absolute Gasteiger partial charge is 0.411 e. The van der Waals surface area contributed by atoms with E-state index in [4.69, 9.17) is 0 Å². The summed E-state index contributed by atoms with van der Waals surface area (Å²) in [6.45, 7) is 3.83. The van der Waals surface area contributed by atoms with Crippen LogP contribution in [0.5, 0.6) is 0 Å².